The van der Waals surface area contributed by atoms with Gasteiger partial charge in [0.25, 0.3) is 0 Å². The lowest BCUT2D eigenvalue weighted by Crippen LogP contribution is -2.25. The molecular weight excluding hydrogens is 459 g/mol. The Morgan fingerprint density at radius 1 is 1.30 bits per heavy atom. The average Bonchev–Trinajstić information content (AvgIpc) is 3.44. The zero-order valence-electron chi connectivity index (χ0n) is 17.6. The number of esters is 1. The van der Waals surface area contributed by atoms with E-state index in [0.717, 1.165) is 18.9 Å². The number of aliphatic hydroxyl groups excluding tert-OH is 1. The van der Waals surface area contributed by atoms with E-state index in [4.69, 9.17) is 25.2 Å². The maximum atomic E-state index is 15.1. The molecular formula is C22H20ClFN2O7. The van der Waals surface area contributed by atoms with E-state index in [1.807, 2.05) is 0 Å². The van der Waals surface area contributed by atoms with E-state index in [1.54, 1.807) is 9.47 Å². The molecule has 5 rings (SSSR count). The highest BCUT2D eigenvalue weighted by atomic mass is 35.5. The second kappa shape index (κ2) is 8.03. The number of nitrogens with zero attached hydrogens (tertiary/aromatic N) is 2. The molecule has 1 N–H and O–H groups in total. The average molecular weight is 479 g/mol. The number of carbonyl (C=O) groups excluding carboxylic acids is 1. The van der Waals surface area contributed by atoms with Crippen molar-refractivity contribution >= 4 is 34.2 Å². The van der Waals surface area contributed by atoms with Gasteiger partial charge >= 0.3 is 11.8 Å². The number of carbonyl (C=O) groups is 1. The van der Waals surface area contributed by atoms with Crippen LogP contribution in [0.4, 0.5) is 10.1 Å². The number of halogens is 2. The Balaban J connectivity index is 1.58. The summed E-state index contributed by atoms with van der Waals surface area (Å²) in [6, 6.07) is 1.09. The monoisotopic (exact) mass is 478 g/mol. The van der Waals surface area contributed by atoms with E-state index in [2.05, 4.69) is 0 Å². The minimum absolute atomic E-state index is 0.00812. The van der Waals surface area contributed by atoms with Crippen molar-refractivity contribution in [3.05, 3.63) is 61.0 Å². The van der Waals surface area contributed by atoms with Gasteiger partial charge in [0, 0.05) is 25.3 Å². The number of aromatic nitrogens is 1. The second-order valence-corrected chi connectivity index (χ2v) is 8.70. The number of anilines is 1. The Labute approximate surface area is 190 Å². The highest BCUT2D eigenvalue weighted by Gasteiger charge is 2.32. The Morgan fingerprint density at radius 2 is 2.06 bits per heavy atom. The molecule has 9 nitrogen and oxygen atoms in total. The molecule has 0 unspecified atom stereocenters. The Morgan fingerprint density at radius 3 is 2.67 bits per heavy atom. The largest absolute Gasteiger partial charge is 0.519 e. The van der Waals surface area contributed by atoms with Crippen LogP contribution in [0.25, 0.3) is 10.9 Å². The van der Waals surface area contributed by atoms with Crippen molar-refractivity contribution < 1.29 is 27.9 Å². The van der Waals surface area contributed by atoms with Crippen LogP contribution in [0.15, 0.2) is 30.7 Å². The van der Waals surface area contributed by atoms with E-state index in [9.17, 15) is 19.5 Å². The molecule has 3 heterocycles. The minimum Gasteiger partial charge on any atom is -0.454 e. The number of fused-ring (bicyclic) bond motifs is 1. The summed E-state index contributed by atoms with van der Waals surface area (Å²) in [5.74, 6) is -2.38. The summed E-state index contributed by atoms with van der Waals surface area (Å²) in [4.78, 5) is 38.7. The van der Waals surface area contributed by atoms with Gasteiger partial charge in [-0.05, 0) is 32.3 Å². The molecule has 1 saturated carbocycles. The number of ether oxygens (including phenoxy) is 1. The van der Waals surface area contributed by atoms with Gasteiger partial charge < -0.3 is 28.1 Å². The number of hydrogen-bond donors (Lipinski definition) is 1. The molecule has 1 saturated heterocycles. The maximum absolute atomic E-state index is 15.1. The van der Waals surface area contributed by atoms with Gasteiger partial charge in [0.1, 0.15) is 11.4 Å². The SMILES string of the molecule is Cc1oc(=O)oc1COC(=O)c1cn(C2CC2)c2c(Cl)c(N3CC[C@H](O)C3)c(F)cc2c1=O. The molecule has 2 fully saturated rings. The number of hydrogen-bond acceptors (Lipinski definition) is 8. The zero-order valence-corrected chi connectivity index (χ0v) is 18.4. The van der Waals surface area contributed by atoms with Crippen molar-refractivity contribution in [3.8, 4) is 0 Å². The predicted molar refractivity (Wildman–Crippen MR) is 115 cm³/mol. The summed E-state index contributed by atoms with van der Waals surface area (Å²) >= 11 is 6.62. The molecule has 0 bridgehead atoms. The Hall–Kier alpha value is -3.11. The lowest BCUT2D eigenvalue weighted by atomic mass is 10.1. The minimum atomic E-state index is -0.942. The van der Waals surface area contributed by atoms with E-state index >= 15 is 4.39 Å². The summed E-state index contributed by atoms with van der Waals surface area (Å²) in [6.45, 7) is 1.75. The summed E-state index contributed by atoms with van der Waals surface area (Å²) in [5.41, 5.74) is -0.519. The topological polar surface area (TPSA) is 115 Å². The van der Waals surface area contributed by atoms with Crippen LogP contribution < -0.4 is 16.2 Å². The number of benzene rings is 1. The van der Waals surface area contributed by atoms with E-state index in [1.165, 1.54) is 13.1 Å². The predicted octanol–water partition coefficient (Wildman–Crippen LogP) is 2.91. The Kier molecular flexibility index (Phi) is 5.29. The summed E-state index contributed by atoms with van der Waals surface area (Å²) in [6.07, 6.45) is 2.93. The van der Waals surface area contributed by atoms with E-state index < -0.39 is 35.7 Å². The standard InChI is InChI=1S/C22H20ClFN2O7/c1-10-16(33-22(30)32-10)9-31-21(29)14-8-26(11-2-3-11)18-13(20(14)28)6-15(24)19(17(18)23)25-5-4-12(27)7-25/h6,8,11-12,27H,2-5,7,9H2,1H3/t12-/m0/s1. The molecule has 0 amide bonds. The van der Waals surface area contributed by atoms with Crippen molar-refractivity contribution in [1.29, 1.82) is 0 Å². The normalized spacial score (nSPS) is 18.3. The number of rotatable bonds is 5. The fraction of sp³-hybridized carbons (Fsp3) is 0.409. The fourth-order valence-corrected chi connectivity index (χ4v) is 4.58. The van der Waals surface area contributed by atoms with Gasteiger partial charge in [-0.1, -0.05) is 11.6 Å². The molecule has 11 heteroatoms. The lowest BCUT2D eigenvalue weighted by molar-refractivity contribution is 0.0440. The van der Waals surface area contributed by atoms with Crippen molar-refractivity contribution in [3.63, 3.8) is 0 Å². The third kappa shape index (κ3) is 3.83. The van der Waals surface area contributed by atoms with E-state index in [0.29, 0.717) is 18.5 Å². The van der Waals surface area contributed by atoms with Crippen LogP contribution in [-0.2, 0) is 11.3 Å². The first-order valence-corrected chi connectivity index (χ1v) is 10.9. The molecule has 174 valence electrons. The quantitative estimate of drug-likeness (QED) is 0.557. The van der Waals surface area contributed by atoms with Crippen molar-refractivity contribution in [2.24, 2.45) is 0 Å². The van der Waals surface area contributed by atoms with Gasteiger partial charge in [-0.25, -0.2) is 14.0 Å². The third-order valence-electron chi connectivity index (χ3n) is 5.99. The van der Waals surface area contributed by atoms with Crippen LogP contribution in [0.3, 0.4) is 0 Å². The van der Waals surface area contributed by atoms with Crippen LogP contribution in [0.5, 0.6) is 0 Å². The number of β-amino-alcohol motifs (C(OH)–C–C–N with tert-alkyl or cyclic N) is 1. The molecule has 0 spiro atoms. The van der Waals surface area contributed by atoms with Gasteiger partial charge in [0.05, 0.1) is 27.7 Å². The highest BCUT2D eigenvalue weighted by molar-refractivity contribution is 6.38. The van der Waals surface area contributed by atoms with E-state index in [-0.39, 0.29) is 45.8 Å². The number of aryl methyl sites for hydroxylation is 1. The van der Waals surface area contributed by atoms with Crippen LogP contribution in [0, 0.1) is 12.7 Å². The highest BCUT2D eigenvalue weighted by Crippen LogP contribution is 2.42. The molecule has 1 aromatic carbocycles. The zero-order chi connectivity index (χ0) is 23.4. The van der Waals surface area contributed by atoms with Gasteiger partial charge in [-0.2, -0.15) is 0 Å². The van der Waals surface area contributed by atoms with Crippen LogP contribution in [-0.4, -0.2) is 34.8 Å². The third-order valence-corrected chi connectivity index (χ3v) is 6.35. The Bertz CT molecular complexity index is 1390. The van der Waals surface area contributed by atoms with Crippen molar-refractivity contribution in [1.82, 2.24) is 4.57 Å². The van der Waals surface area contributed by atoms with Crippen LogP contribution in [0.2, 0.25) is 5.02 Å². The first kappa shape index (κ1) is 21.7. The smallest absolute Gasteiger partial charge is 0.454 e. The molecule has 33 heavy (non-hydrogen) atoms. The second-order valence-electron chi connectivity index (χ2n) is 8.33. The molecule has 1 atom stereocenters. The molecule has 3 aromatic rings. The van der Waals surface area contributed by atoms with Crippen molar-refractivity contribution in [2.45, 2.75) is 44.9 Å². The fourth-order valence-electron chi connectivity index (χ4n) is 4.17. The summed E-state index contributed by atoms with van der Waals surface area (Å²) in [7, 11) is 0. The van der Waals surface area contributed by atoms with Gasteiger partial charge in [-0.3, -0.25) is 4.79 Å². The number of aliphatic hydroxyl groups is 1. The van der Waals surface area contributed by atoms with Crippen molar-refractivity contribution in [2.75, 3.05) is 18.0 Å². The molecule has 2 aliphatic rings. The molecule has 1 aliphatic carbocycles. The molecule has 1 aliphatic heterocycles. The molecule has 2 aromatic heterocycles. The first-order chi connectivity index (χ1) is 15.7. The van der Waals surface area contributed by atoms with Gasteiger partial charge in [0.15, 0.2) is 18.1 Å². The van der Waals surface area contributed by atoms with Gasteiger partial charge in [-0.15, -0.1) is 0 Å². The number of pyridine rings is 1. The first-order valence-electron chi connectivity index (χ1n) is 10.5. The maximum Gasteiger partial charge on any atom is 0.519 e. The van der Waals surface area contributed by atoms with Crippen LogP contribution >= 0.6 is 11.6 Å². The lowest BCUT2D eigenvalue weighted by Gasteiger charge is -2.23. The van der Waals surface area contributed by atoms with Gasteiger partial charge in [0.2, 0.25) is 5.43 Å². The van der Waals surface area contributed by atoms with Crippen LogP contribution in [0.1, 0.15) is 47.2 Å². The summed E-state index contributed by atoms with van der Waals surface area (Å²) in [5, 5.41) is 9.89. The molecule has 0 radical (unpaired) electrons. The summed E-state index contributed by atoms with van der Waals surface area (Å²) < 4.78 is 31.5.